The molecule has 2 saturated heterocycles. The van der Waals surface area contributed by atoms with Crippen LogP contribution in [0.15, 0.2) is 50.0 Å². The number of rotatable bonds is 2. The lowest BCUT2D eigenvalue weighted by Gasteiger charge is -2.18. The molecule has 8 heteroatoms. The second-order valence-corrected chi connectivity index (χ2v) is 6.43. The molecule has 0 spiro atoms. The third kappa shape index (κ3) is 13.6. The number of carbonyl (C=O) groups is 4. The topological polar surface area (TPSA) is 105 Å². The third-order valence-corrected chi connectivity index (χ3v) is 3.99. The molecule has 0 saturated carbocycles. The first-order chi connectivity index (χ1) is 14.4. The number of esters is 4. The molecule has 8 nitrogen and oxygen atoms in total. The molecule has 2 atom stereocenters. The molecule has 2 fully saturated rings. The van der Waals surface area contributed by atoms with E-state index in [1.165, 1.54) is 12.5 Å². The van der Waals surface area contributed by atoms with Crippen molar-refractivity contribution in [3.8, 4) is 0 Å². The molecule has 0 radical (unpaired) electrons. The monoisotopic (exact) mass is 436 g/mol. The van der Waals surface area contributed by atoms with Crippen molar-refractivity contribution in [1.29, 1.82) is 0 Å². The molecule has 4 heterocycles. The van der Waals surface area contributed by atoms with Crippen molar-refractivity contribution < 1.29 is 38.1 Å². The molecule has 2 unspecified atom stereocenters. The van der Waals surface area contributed by atoms with E-state index in [1.807, 2.05) is 6.08 Å². The molecule has 0 aliphatic carbocycles. The van der Waals surface area contributed by atoms with Gasteiger partial charge in [-0.05, 0) is 37.8 Å². The van der Waals surface area contributed by atoms with E-state index in [4.69, 9.17) is 9.47 Å². The van der Waals surface area contributed by atoms with Gasteiger partial charge in [-0.25, -0.2) is 0 Å². The highest BCUT2D eigenvalue weighted by molar-refractivity contribution is 5.74. The molecule has 0 aromatic carbocycles. The average Bonchev–Trinajstić information content (AvgIpc) is 3.40. The number of cyclic esters (lactones) is 4. The van der Waals surface area contributed by atoms with Gasteiger partial charge < -0.3 is 18.9 Å². The van der Waals surface area contributed by atoms with Crippen LogP contribution in [0.2, 0.25) is 0 Å². The van der Waals surface area contributed by atoms with Gasteiger partial charge in [0, 0.05) is 19.3 Å². The zero-order valence-corrected chi connectivity index (χ0v) is 17.0. The summed E-state index contributed by atoms with van der Waals surface area (Å²) in [6.45, 7) is 7.04. The Bertz CT molecular complexity index is 667. The van der Waals surface area contributed by atoms with E-state index < -0.39 is 0 Å². The van der Waals surface area contributed by atoms with Crippen LogP contribution in [-0.4, -0.2) is 36.1 Å². The van der Waals surface area contributed by atoms with E-state index in [0.717, 1.165) is 25.7 Å². The van der Waals surface area contributed by atoms with Crippen molar-refractivity contribution >= 4 is 23.9 Å². The lowest BCUT2D eigenvalue weighted by molar-refractivity contribution is -0.150. The second kappa shape index (κ2) is 16.6. The Hall–Kier alpha value is -3.16. The number of allylic oxidation sites excluding steroid dienone is 1. The van der Waals surface area contributed by atoms with Crippen LogP contribution in [0.5, 0.6) is 0 Å². The molecule has 31 heavy (non-hydrogen) atoms. The van der Waals surface area contributed by atoms with Gasteiger partial charge in [-0.2, -0.15) is 0 Å². The molecular formula is C23H32O8. The van der Waals surface area contributed by atoms with E-state index >= 15 is 0 Å². The van der Waals surface area contributed by atoms with Crippen LogP contribution in [-0.2, 0) is 38.1 Å². The number of hydrogen-bond acceptors (Lipinski definition) is 8. The predicted molar refractivity (Wildman–Crippen MR) is 114 cm³/mol. The van der Waals surface area contributed by atoms with Gasteiger partial charge >= 0.3 is 23.9 Å². The summed E-state index contributed by atoms with van der Waals surface area (Å²) in [4.78, 5) is 41.1. The maximum absolute atomic E-state index is 10.6. The van der Waals surface area contributed by atoms with Gasteiger partial charge in [0.05, 0.1) is 18.9 Å². The van der Waals surface area contributed by atoms with Crippen LogP contribution in [0.1, 0.15) is 58.8 Å². The molecule has 0 N–H and O–H groups in total. The normalized spacial score (nSPS) is 22.8. The lowest BCUT2D eigenvalue weighted by atomic mass is 10.1. The van der Waals surface area contributed by atoms with Crippen LogP contribution in [0, 0.1) is 0 Å². The highest BCUT2D eigenvalue weighted by Gasteiger charge is 2.19. The summed E-state index contributed by atoms with van der Waals surface area (Å²) in [6, 6.07) is 0. The maximum atomic E-state index is 10.6. The highest BCUT2D eigenvalue weighted by Crippen LogP contribution is 2.14. The minimum Gasteiger partial charge on any atom is -0.458 e. The highest BCUT2D eigenvalue weighted by atomic mass is 16.6. The summed E-state index contributed by atoms with van der Waals surface area (Å²) >= 11 is 0. The SMILES string of the molecule is C.C=CC1CCC(=O)O1.C=CC1CCCC(=O)O1.O=C1CC=CO1.O=C1CCC=CO1. The molecule has 0 bridgehead atoms. The van der Waals surface area contributed by atoms with Crippen LogP contribution < -0.4 is 0 Å². The van der Waals surface area contributed by atoms with Gasteiger partial charge in [-0.1, -0.05) is 32.7 Å². The van der Waals surface area contributed by atoms with Gasteiger partial charge in [0.1, 0.15) is 12.2 Å². The van der Waals surface area contributed by atoms with Crippen molar-refractivity contribution in [3.63, 3.8) is 0 Å². The second-order valence-electron chi connectivity index (χ2n) is 6.43. The first kappa shape index (κ1) is 27.8. The molecule has 0 aromatic heterocycles. The van der Waals surface area contributed by atoms with Gasteiger partial charge in [-0.15, -0.1) is 0 Å². The van der Waals surface area contributed by atoms with E-state index in [2.05, 4.69) is 22.6 Å². The molecule has 4 rings (SSSR count). The van der Waals surface area contributed by atoms with Crippen molar-refractivity contribution in [2.75, 3.05) is 0 Å². The van der Waals surface area contributed by atoms with Crippen LogP contribution in [0.4, 0.5) is 0 Å². The first-order valence-electron chi connectivity index (χ1n) is 9.77. The molecule has 172 valence electrons. The summed E-state index contributed by atoms with van der Waals surface area (Å²) in [7, 11) is 0. The zero-order valence-electron chi connectivity index (χ0n) is 17.0. The number of ether oxygens (including phenoxy) is 4. The maximum Gasteiger partial charge on any atom is 0.314 e. The predicted octanol–water partition coefficient (Wildman–Crippen LogP) is 4.07. The molecule has 4 aliphatic heterocycles. The summed E-state index contributed by atoms with van der Waals surface area (Å²) in [6.07, 6.45) is 15.3. The third-order valence-electron chi connectivity index (χ3n) is 3.99. The van der Waals surface area contributed by atoms with Crippen LogP contribution in [0.3, 0.4) is 0 Å². The largest absolute Gasteiger partial charge is 0.458 e. The average molecular weight is 437 g/mol. The number of carbonyl (C=O) groups excluding carboxylic acids is 4. The minimum atomic E-state index is -0.157. The quantitative estimate of drug-likeness (QED) is 0.362. The Balaban J connectivity index is 0.000000387. The fraction of sp³-hybridized carbons (Fsp3) is 0.478. The Morgan fingerprint density at radius 1 is 0.742 bits per heavy atom. The summed E-state index contributed by atoms with van der Waals surface area (Å²) in [5.41, 5.74) is 0. The van der Waals surface area contributed by atoms with E-state index in [1.54, 1.807) is 18.2 Å². The van der Waals surface area contributed by atoms with Crippen LogP contribution >= 0.6 is 0 Å². The van der Waals surface area contributed by atoms with Crippen molar-refractivity contribution in [2.45, 2.75) is 71.0 Å². The molecule has 0 aromatic rings. The minimum absolute atomic E-state index is 0. The fourth-order valence-corrected chi connectivity index (χ4v) is 2.38. The van der Waals surface area contributed by atoms with E-state index in [9.17, 15) is 19.2 Å². The summed E-state index contributed by atoms with van der Waals surface area (Å²) in [5.74, 6) is -0.474. The van der Waals surface area contributed by atoms with Gasteiger partial charge in [0.2, 0.25) is 0 Å². The van der Waals surface area contributed by atoms with E-state index in [-0.39, 0.29) is 43.5 Å². The van der Waals surface area contributed by atoms with Gasteiger partial charge in [0.25, 0.3) is 0 Å². The summed E-state index contributed by atoms with van der Waals surface area (Å²) in [5, 5.41) is 0. The summed E-state index contributed by atoms with van der Waals surface area (Å²) < 4.78 is 18.4. The fourth-order valence-electron chi connectivity index (χ4n) is 2.38. The van der Waals surface area contributed by atoms with Crippen molar-refractivity contribution in [1.82, 2.24) is 0 Å². The number of hydrogen-bond donors (Lipinski definition) is 0. The Morgan fingerprint density at radius 2 is 1.32 bits per heavy atom. The standard InChI is InChI=1S/C7H10O2.C6H8O2.C5H6O2.C4H4O2.CH4/c1-2-6-4-3-5-7(8)9-6;1-2-5-3-4-6(7)8-5;6-5-3-1-2-4-7-5;5-4-2-1-3-6-4;/h2,6H,1,3-5H2;2,5H,1,3-4H2;2,4H,1,3H2;1,3H,2H2;1H4. The molecule has 4 aliphatic rings. The van der Waals surface area contributed by atoms with Gasteiger partial charge in [0.15, 0.2) is 0 Å². The molecule has 0 amide bonds. The van der Waals surface area contributed by atoms with Crippen molar-refractivity contribution in [2.24, 2.45) is 0 Å². The zero-order chi connectivity index (χ0) is 22.2. The first-order valence-corrected chi connectivity index (χ1v) is 9.77. The Kier molecular flexibility index (Phi) is 14.9. The van der Waals surface area contributed by atoms with Crippen LogP contribution in [0.25, 0.3) is 0 Å². The van der Waals surface area contributed by atoms with Crippen molar-refractivity contribution in [3.05, 3.63) is 50.0 Å². The smallest absolute Gasteiger partial charge is 0.314 e. The van der Waals surface area contributed by atoms with Gasteiger partial charge in [-0.3, -0.25) is 19.2 Å². The Labute approximate surface area is 183 Å². The molecular weight excluding hydrogens is 404 g/mol. The lowest BCUT2D eigenvalue weighted by Crippen LogP contribution is -2.20. The van der Waals surface area contributed by atoms with E-state index in [0.29, 0.717) is 25.7 Å². The Morgan fingerprint density at radius 3 is 1.58 bits per heavy atom.